The molecule has 2 fully saturated rings. The number of nitrogens with zero attached hydrogens (tertiary/aromatic N) is 3. The molecule has 1 saturated heterocycles. The number of urea groups is 1. The Hall–Kier alpha value is -3.99. The van der Waals surface area contributed by atoms with Gasteiger partial charge >= 0.3 is 12.1 Å². The zero-order valence-electron chi connectivity index (χ0n) is 29.7. The van der Waals surface area contributed by atoms with E-state index in [1.54, 1.807) is 37.3 Å². The number of nitrogens with one attached hydrogen (secondary N) is 1. The van der Waals surface area contributed by atoms with Gasteiger partial charge in [-0.25, -0.2) is 9.59 Å². The molecule has 264 valence electrons. The molecule has 48 heavy (non-hydrogen) atoms. The van der Waals surface area contributed by atoms with Crippen molar-refractivity contribution in [2.75, 3.05) is 53.6 Å². The van der Waals surface area contributed by atoms with Crippen molar-refractivity contribution in [3.63, 3.8) is 0 Å². The van der Waals surface area contributed by atoms with Crippen LogP contribution < -0.4 is 14.8 Å². The van der Waals surface area contributed by atoms with E-state index in [2.05, 4.69) is 5.32 Å². The predicted molar refractivity (Wildman–Crippen MR) is 184 cm³/mol. The number of hydrogen-bond acceptors (Lipinski definition) is 7. The number of ether oxygens (including phenoxy) is 4. The molecule has 1 saturated carbocycles. The van der Waals surface area contributed by atoms with Crippen LogP contribution in [0.2, 0.25) is 0 Å². The van der Waals surface area contributed by atoms with Crippen LogP contribution in [0.15, 0.2) is 48.5 Å². The minimum atomic E-state index is -0.639. The lowest BCUT2D eigenvalue weighted by Crippen LogP contribution is -2.47. The maximum absolute atomic E-state index is 14.1. The summed E-state index contributed by atoms with van der Waals surface area (Å²) in [7, 11) is 3.22. The van der Waals surface area contributed by atoms with E-state index in [-0.39, 0.29) is 42.0 Å². The molecule has 0 aromatic heterocycles. The van der Waals surface area contributed by atoms with Gasteiger partial charge < -0.3 is 39.0 Å². The molecule has 4 amide bonds. The highest BCUT2D eigenvalue weighted by Crippen LogP contribution is 2.34. The second-order valence-electron chi connectivity index (χ2n) is 14.0. The summed E-state index contributed by atoms with van der Waals surface area (Å²) in [6, 6.07) is 15.0. The lowest BCUT2D eigenvalue weighted by atomic mass is 9.94. The largest absolute Gasteiger partial charge is 0.493 e. The summed E-state index contributed by atoms with van der Waals surface area (Å²) in [5.41, 5.74) is 0.883. The van der Waals surface area contributed by atoms with Gasteiger partial charge in [-0.1, -0.05) is 30.3 Å². The molecule has 4 rings (SSSR count). The van der Waals surface area contributed by atoms with Gasteiger partial charge in [-0.15, -0.1) is 0 Å². The smallest absolute Gasteiger partial charge is 0.410 e. The van der Waals surface area contributed by atoms with E-state index in [1.807, 2.05) is 74.8 Å². The fraction of sp³-hybridized carbons (Fsp3) is 0.595. The van der Waals surface area contributed by atoms with Gasteiger partial charge in [-0.3, -0.25) is 4.79 Å². The molecule has 0 bridgehead atoms. The second-order valence-corrected chi connectivity index (χ2v) is 14.0. The van der Waals surface area contributed by atoms with Crippen LogP contribution >= 0.6 is 0 Å². The maximum atomic E-state index is 14.1. The molecule has 11 heteroatoms. The minimum absolute atomic E-state index is 0.0508. The minimum Gasteiger partial charge on any atom is -0.493 e. The van der Waals surface area contributed by atoms with Crippen LogP contribution in [-0.2, 0) is 16.0 Å². The van der Waals surface area contributed by atoms with E-state index >= 15 is 0 Å². The van der Waals surface area contributed by atoms with Crippen molar-refractivity contribution in [1.29, 1.82) is 0 Å². The van der Waals surface area contributed by atoms with Crippen molar-refractivity contribution in [3.05, 3.63) is 59.7 Å². The van der Waals surface area contributed by atoms with Crippen molar-refractivity contribution >= 4 is 18.0 Å². The van der Waals surface area contributed by atoms with Gasteiger partial charge in [0.25, 0.3) is 5.91 Å². The Bertz CT molecular complexity index is 1360. The lowest BCUT2D eigenvalue weighted by molar-refractivity contribution is 0.0281. The van der Waals surface area contributed by atoms with Crippen LogP contribution in [0, 0.1) is 11.8 Å². The molecule has 0 spiro atoms. The number of methoxy groups -OCH3 is 2. The maximum Gasteiger partial charge on any atom is 0.410 e. The Morgan fingerprint density at radius 2 is 1.62 bits per heavy atom. The van der Waals surface area contributed by atoms with E-state index in [9.17, 15) is 14.4 Å². The molecule has 1 N–H and O–H groups in total. The lowest BCUT2D eigenvalue weighted by Gasteiger charge is -2.33. The molecule has 2 aromatic rings. The Morgan fingerprint density at radius 1 is 0.938 bits per heavy atom. The molecule has 1 heterocycles. The third-order valence-corrected chi connectivity index (χ3v) is 8.67. The number of likely N-dealkylation sites (tertiary alicyclic amines) is 1. The first-order chi connectivity index (χ1) is 22.9. The van der Waals surface area contributed by atoms with Gasteiger partial charge in [0.05, 0.1) is 13.7 Å². The number of rotatable bonds is 15. The average Bonchev–Trinajstić information content (AvgIpc) is 3.82. The first-order valence-corrected chi connectivity index (χ1v) is 17.1. The fourth-order valence-corrected chi connectivity index (χ4v) is 5.99. The van der Waals surface area contributed by atoms with Crippen molar-refractivity contribution < 1.29 is 33.3 Å². The molecule has 2 aromatic carbocycles. The SMILES string of the molecule is COCCCOc1cc(C(=O)N(C[C@@H]2CN(C(=O)OC(C)(C)C)C[C@H]2CN(C(=O)NCc2ccccc2)C2CC2)C(C)C)ccc1OC. The molecular weight excluding hydrogens is 612 g/mol. The van der Waals surface area contributed by atoms with Crippen LogP contribution in [0.1, 0.15) is 69.8 Å². The summed E-state index contributed by atoms with van der Waals surface area (Å²) in [6.07, 6.45) is 2.23. The zero-order chi connectivity index (χ0) is 34.8. The first kappa shape index (κ1) is 36.8. The van der Waals surface area contributed by atoms with Crippen LogP contribution in [0.4, 0.5) is 9.59 Å². The fourth-order valence-electron chi connectivity index (χ4n) is 5.99. The van der Waals surface area contributed by atoms with Crippen LogP contribution in [-0.4, -0.2) is 104 Å². The Morgan fingerprint density at radius 3 is 2.23 bits per heavy atom. The van der Waals surface area contributed by atoms with Crippen LogP contribution in [0.5, 0.6) is 11.5 Å². The summed E-state index contributed by atoms with van der Waals surface area (Å²) in [5.74, 6) is 0.790. The highest BCUT2D eigenvalue weighted by molar-refractivity contribution is 5.95. The highest BCUT2D eigenvalue weighted by Gasteiger charge is 2.43. The molecule has 0 unspecified atom stereocenters. The Kier molecular flexibility index (Phi) is 13.0. The topological polar surface area (TPSA) is 110 Å². The molecule has 2 atom stereocenters. The van der Waals surface area contributed by atoms with Gasteiger partial charge in [0, 0.05) is 82.3 Å². The molecule has 2 aliphatic rings. The van der Waals surface area contributed by atoms with E-state index in [4.69, 9.17) is 18.9 Å². The van der Waals surface area contributed by atoms with E-state index in [0.29, 0.717) is 69.4 Å². The third-order valence-electron chi connectivity index (χ3n) is 8.67. The zero-order valence-corrected chi connectivity index (χ0v) is 29.7. The summed E-state index contributed by atoms with van der Waals surface area (Å²) in [4.78, 5) is 46.4. The van der Waals surface area contributed by atoms with Gasteiger partial charge in [-0.05, 0) is 71.2 Å². The van der Waals surface area contributed by atoms with E-state index in [0.717, 1.165) is 18.4 Å². The predicted octanol–water partition coefficient (Wildman–Crippen LogP) is 5.82. The molecule has 11 nitrogen and oxygen atoms in total. The summed E-state index contributed by atoms with van der Waals surface area (Å²) < 4.78 is 22.3. The standard InChI is InChI=1S/C37H54N4O7/c1-26(2)40(34(42)28-14-17-32(46-7)33(20-28)47-19-11-18-45-6)24-29-22-39(36(44)48-37(3,4)5)23-30(29)25-41(31-15-16-31)35(43)38-21-27-12-9-8-10-13-27/h8-10,12-14,17,20,26,29-31H,11,15-16,18-19,21-25H2,1-7H3,(H,38,43)/t29-,30-/m0/s1. The van der Waals surface area contributed by atoms with E-state index < -0.39 is 5.60 Å². The number of hydrogen-bond donors (Lipinski definition) is 1. The van der Waals surface area contributed by atoms with Crippen molar-refractivity contribution in [1.82, 2.24) is 20.0 Å². The summed E-state index contributed by atoms with van der Waals surface area (Å²) in [6.45, 7) is 12.7. The van der Waals surface area contributed by atoms with Crippen LogP contribution in [0.25, 0.3) is 0 Å². The van der Waals surface area contributed by atoms with E-state index in [1.165, 1.54) is 0 Å². The normalized spacial score (nSPS) is 17.6. The Balaban J connectivity index is 1.53. The average molecular weight is 667 g/mol. The van der Waals surface area contributed by atoms with Crippen molar-refractivity contribution in [2.24, 2.45) is 11.8 Å². The van der Waals surface area contributed by atoms with Crippen LogP contribution in [0.3, 0.4) is 0 Å². The molecule has 1 aliphatic carbocycles. The van der Waals surface area contributed by atoms with Gasteiger partial charge in [-0.2, -0.15) is 0 Å². The summed E-state index contributed by atoms with van der Waals surface area (Å²) in [5, 5.41) is 3.10. The number of benzene rings is 2. The van der Waals surface area contributed by atoms with Gasteiger partial charge in [0.2, 0.25) is 0 Å². The summed E-state index contributed by atoms with van der Waals surface area (Å²) >= 11 is 0. The number of carbonyl (C=O) groups excluding carboxylic acids is 3. The number of amides is 4. The monoisotopic (exact) mass is 666 g/mol. The highest BCUT2D eigenvalue weighted by atomic mass is 16.6. The third kappa shape index (κ3) is 10.5. The quantitative estimate of drug-likeness (QED) is 0.239. The van der Waals surface area contributed by atoms with Crippen molar-refractivity contribution in [3.8, 4) is 11.5 Å². The van der Waals surface area contributed by atoms with Crippen molar-refractivity contribution in [2.45, 2.75) is 78.1 Å². The van der Waals surface area contributed by atoms with Gasteiger partial charge in [0.1, 0.15) is 5.60 Å². The number of carbonyl (C=O) groups is 3. The molecular formula is C37H54N4O7. The molecule has 1 aliphatic heterocycles. The second kappa shape index (κ2) is 16.9. The van der Waals surface area contributed by atoms with Gasteiger partial charge in [0.15, 0.2) is 11.5 Å². The first-order valence-electron chi connectivity index (χ1n) is 17.1. The Labute approximate surface area is 285 Å². The molecule has 0 radical (unpaired) electrons.